The Labute approximate surface area is 132 Å². The van der Waals surface area contributed by atoms with E-state index < -0.39 is 0 Å². The van der Waals surface area contributed by atoms with Crippen molar-refractivity contribution in [3.63, 3.8) is 0 Å². The number of hydrogen-bond donors (Lipinski definition) is 2. The van der Waals surface area contributed by atoms with E-state index in [9.17, 15) is 0 Å². The summed E-state index contributed by atoms with van der Waals surface area (Å²) in [6, 6.07) is 9.15. The zero-order valence-electron chi connectivity index (χ0n) is 11.8. The van der Waals surface area contributed by atoms with E-state index >= 15 is 0 Å². The largest absolute Gasteiger partial charge is 0.361 e. The highest BCUT2D eigenvalue weighted by Gasteiger charge is 2.22. The molecule has 1 aliphatic heterocycles. The fraction of sp³-hybridized carbons (Fsp3) is 0.467. The SMILES string of the molecule is CC[C@@H](c1c[nH]c2ccccc12)N1CCNCC1.Cl.Cl. The molecule has 112 valence electrons. The third-order valence-electron chi connectivity index (χ3n) is 3.96. The van der Waals surface area contributed by atoms with E-state index in [4.69, 9.17) is 0 Å². The van der Waals surface area contributed by atoms with Crippen LogP contribution in [0, 0.1) is 0 Å². The van der Waals surface area contributed by atoms with Gasteiger partial charge in [-0.25, -0.2) is 0 Å². The quantitative estimate of drug-likeness (QED) is 0.910. The average molecular weight is 316 g/mol. The van der Waals surface area contributed by atoms with E-state index in [2.05, 4.69) is 52.6 Å². The Morgan fingerprint density at radius 2 is 1.85 bits per heavy atom. The van der Waals surface area contributed by atoms with Gasteiger partial charge < -0.3 is 10.3 Å². The van der Waals surface area contributed by atoms with Crippen LogP contribution in [0.5, 0.6) is 0 Å². The zero-order valence-corrected chi connectivity index (χ0v) is 13.4. The van der Waals surface area contributed by atoms with Crippen LogP contribution >= 0.6 is 24.8 Å². The van der Waals surface area contributed by atoms with Gasteiger partial charge in [-0.15, -0.1) is 24.8 Å². The lowest BCUT2D eigenvalue weighted by atomic mass is 10.0. The van der Waals surface area contributed by atoms with Crippen LogP contribution in [0.1, 0.15) is 24.9 Å². The summed E-state index contributed by atoms with van der Waals surface area (Å²) >= 11 is 0. The Morgan fingerprint density at radius 3 is 2.55 bits per heavy atom. The molecule has 0 unspecified atom stereocenters. The molecule has 2 aromatic rings. The molecule has 1 atom stereocenters. The van der Waals surface area contributed by atoms with Gasteiger partial charge in [0.1, 0.15) is 0 Å². The van der Waals surface area contributed by atoms with Gasteiger partial charge in [0.15, 0.2) is 0 Å². The molecule has 1 aromatic heterocycles. The van der Waals surface area contributed by atoms with Crippen molar-refractivity contribution in [2.45, 2.75) is 19.4 Å². The molecule has 1 fully saturated rings. The highest BCUT2D eigenvalue weighted by molar-refractivity contribution is 5.85. The Kier molecular flexibility index (Phi) is 6.83. The standard InChI is InChI=1S/C15H21N3.2ClH/c1-2-15(18-9-7-16-8-10-18)13-11-17-14-6-4-3-5-12(13)14;;/h3-6,11,15-17H,2,7-10H2,1H3;2*1H/t15-;;/m0../s1. The van der Waals surface area contributed by atoms with Gasteiger partial charge in [-0.05, 0) is 18.1 Å². The van der Waals surface area contributed by atoms with Gasteiger partial charge in [-0.2, -0.15) is 0 Å². The van der Waals surface area contributed by atoms with E-state index in [0.717, 1.165) is 26.2 Å². The van der Waals surface area contributed by atoms with Crippen molar-refractivity contribution in [3.8, 4) is 0 Å². The van der Waals surface area contributed by atoms with Crippen molar-refractivity contribution in [1.82, 2.24) is 15.2 Å². The fourth-order valence-corrected chi connectivity index (χ4v) is 3.04. The number of rotatable bonds is 3. The van der Waals surface area contributed by atoms with Crippen LogP contribution in [-0.4, -0.2) is 36.1 Å². The first-order valence-electron chi connectivity index (χ1n) is 6.91. The number of fused-ring (bicyclic) bond motifs is 1. The molecule has 0 spiro atoms. The van der Waals surface area contributed by atoms with Crippen molar-refractivity contribution in [1.29, 1.82) is 0 Å². The van der Waals surface area contributed by atoms with Crippen LogP contribution in [0.2, 0.25) is 0 Å². The van der Waals surface area contributed by atoms with E-state index in [1.54, 1.807) is 0 Å². The third kappa shape index (κ3) is 3.29. The van der Waals surface area contributed by atoms with Gasteiger partial charge in [0, 0.05) is 49.3 Å². The molecule has 1 saturated heterocycles. The maximum atomic E-state index is 3.43. The lowest BCUT2D eigenvalue weighted by molar-refractivity contribution is 0.170. The normalized spacial score (nSPS) is 17.2. The van der Waals surface area contributed by atoms with Crippen molar-refractivity contribution >= 4 is 35.7 Å². The molecule has 5 heteroatoms. The predicted octanol–water partition coefficient (Wildman–Crippen LogP) is 3.37. The summed E-state index contributed by atoms with van der Waals surface area (Å²) in [5.41, 5.74) is 2.70. The van der Waals surface area contributed by atoms with E-state index in [1.165, 1.54) is 22.9 Å². The lowest BCUT2D eigenvalue weighted by Crippen LogP contribution is -2.45. The maximum Gasteiger partial charge on any atom is 0.0457 e. The number of piperazine rings is 1. The van der Waals surface area contributed by atoms with Crippen molar-refractivity contribution < 1.29 is 0 Å². The molecule has 1 aliphatic rings. The third-order valence-corrected chi connectivity index (χ3v) is 3.96. The Morgan fingerprint density at radius 1 is 1.15 bits per heavy atom. The number of aromatic nitrogens is 1. The summed E-state index contributed by atoms with van der Waals surface area (Å²) in [5.74, 6) is 0. The highest BCUT2D eigenvalue weighted by atomic mass is 35.5. The summed E-state index contributed by atoms with van der Waals surface area (Å²) in [7, 11) is 0. The summed E-state index contributed by atoms with van der Waals surface area (Å²) in [5, 5.41) is 4.80. The summed E-state index contributed by atoms with van der Waals surface area (Å²) in [4.78, 5) is 6.00. The Bertz CT molecular complexity index is 521. The number of nitrogens with one attached hydrogen (secondary N) is 2. The van der Waals surface area contributed by atoms with E-state index in [1.807, 2.05) is 0 Å². The van der Waals surface area contributed by atoms with Crippen LogP contribution in [0.25, 0.3) is 10.9 Å². The molecule has 1 aromatic carbocycles. The average Bonchev–Trinajstić information content (AvgIpc) is 2.85. The Balaban J connectivity index is 0.000001000. The van der Waals surface area contributed by atoms with Gasteiger partial charge in [0.2, 0.25) is 0 Å². The Hall–Kier alpha value is -0.740. The van der Waals surface area contributed by atoms with Gasteiger partial charge in [-0.1, -0.05) is 25.1 Å². The first-order valence-corrected chi connectivity index (χ1v) is 6.91. The minimum Gasteiger partial charge on any atom is -0.361 e. The minimum absolute atomic E-state index is 0. The topological polar surface area (TPSA) is 31.1 Å². The molecule has 0 bridgehead atoms. The number of halogens is 2. The number of para-hydroxylation sites is 1. The van der Waals surface area contributed by atoms with Gasteiger partial charge >= 0.3 is 0 Å². The first-order chi connectivity index (χ1) is 8.90. The number of H-pyrrole nitrogens is 1. The molecule has 2 heterocycles. The number of aromatic amines is 1. The molecule has 0 radical (unpaired) electrons. The van der Waals surface area contributed by atoms with Crippen LogP contribution in [0.15, 0.2) is 30.5 Å². The first kappa shape index (κ1) is 17.3. The van der Waals surface area contributed by atoms with Crippen molar-refractivity contribution in [2.75, 3.05) is 26.2 Å². The minimum atomic E-state index is 0. The molecule has 0 amide bonds. The molecule has 3 rings (SSSR count). The molecule has 2 N–H and O–H groups in total. The molecule has 0 saturated carbocycles. The van der Waals surface area contributed by atoms with Crippen LogP contribution in [0.3, 0.4) is 0 Å². The van der Waals surface area contributed by atoms with Crippen LogP contribution in [-0.2, 0) is 0 Å². The van der Waals surface area contributed by atoms with Crippen molar-refractivity contribution in [3.05, 3.63) is 36.0 Å². The van der Waals surface area contributed by atoms with Gasteiger partial charge in [0.05, 0.1) is 0 Å². The van der Waals surface area contributed by atoms with Crippen LogP contribution < -0.4 is 5.32 Å². The molecule has 20 heavy (non-hydrogen) atoms. The molecule has 0 aliphatic carbocycles. The fourth-order valence-electron chi connectivity index (χ4n) is 3.04. The number of benzene rings is 1. The maximum absolute atomic E-state index is 3.43. The molecule has 3 nitrogen and oxygen atoms in total. The van der Waals surface area contributed by atoms with Gasteiger partial charge in [0.25, 0.3) is 0 Å². The lowest BCUT2D eigenvalue weighted by Gasteiger charge is -2.34. The van der Waals surface area contributed by atoms with Crippen molar-refractivity contribution in [2.24, 2.45) is 0 Å². The number of nitrogens with zero attached hydrogens (tertiary/aromatic N) is 1. The van der Waals surface area contributed by atoms with E-state index in [-0.39, 0.29) is 24.8 Å². The smallest absolute Gasteiger partial charge is 0.0457 e. The van der Waals surface area contributed by atoms with E-state index in [0.29, 0.717) is 6.04 Å². The van der Waals surface area contributed by atoms with Crippen LogP contribution in [0.4, 0.5) is 0 Å². The predicted molar refractivity (Wildman–Crippen MR) is 90.3 cm³/mol. The molecular formula is C15H23Cl2N3. The molecular weight excluding hydrogens is 293 g/mol. The highest BCUT2D eigenvalue weighted by Crippen LogP contribution is 2.30. The zero-order chi connectivity index (χ0) is 12.4. The summed E-state index contributed by atoms with van der Waals surface area (Å²) in [6.07, 6.45) is 3.36. The second kappa shape index (κ2) is 7.89. The second-order valence-corrected chi connectivity index (χ2v) is 5.00. The monoisotopic (exact) mass is 315 g/mol. The van der Waals surface area contributed by atoms with Gasteiger partial charge in [-0.3, -0.25) is 4.90 Å². The summed E-state index contributed by atoms with van der Waals surface area (Å²) in [6.45, 7) is 6.81. The second-order valence-electron chi connectivity index (χ2n) is 5.00. The summed E-state index contributed by atoms with van der Waals surface area (Å²) < 4.78 is 0. The number of hydrogen-bond acceptors (Lipinski definition) is 2.